The minimum absolute atomic E-state index is 0.0300. The number of aliphatic imine (C=N–C) groups is 1. The SMILES string of the molecule is Cc1cccc(N2C(=O)C(Cc3ccccc3)N=C2N(CCN(C)C)Cc2ccccc2)c1. The standard InChI is InChI=1S/C28H32N4O/c1-22-11-10-16-25(19-22)32-27(33)26(20-23-12-6-4-7-13-23)29-28(32)31(18-17-30(2)3)21-24-14-8-5-9-15-24/h4-16,19,26H,17-18,20-21H2,1-3H3. The lowest BCUT2D eigenvalue weighted by Gasteiger charge is -2.31. The van der Waals surface area contributed by atoms with Crippen LogP contribution in [0.4, 0.5) is 5.69 Å². The van der Waals surface area contributed by atoms with Crippen molar-refractivity contribution in [2.75, 3.05) is 32.1 Å². The van der Waals surface area contributed by atoms with Crippen LogP contribution in [-0.2, 0) is 17.8 Å². The van der Waals surface area contributed by atoms with Crippen LogP contribution >= 0.6 is 0 Å². The highest BCUT2D eigenvalue weighted by molar-refractivity contribution is 6.22. The van der Waals surface area contributed by atoms with Gasteiger partial charge in [-0.2, -0.15) is 0 Å². The van der Waals surface area contributed by atoms with Crippen molar-refractivity contribution in [2.45, 2.75) is 25.9 Å². The Hall–Kier alpha value is -3.44. The Bertz CT molecular complexity index is 1100. The number of amides is 1. The van der Waals surface area contributed by atoms with Crippen LogP contribution < -0.4 is 4.90 Å². The molecule has 0 bridgehead atoms. The fourth-order valence-electron chi connectivity index (χ4n) is 4.08. The molecule has 5 heteroatoms. The lowest BCUT2D eigenvalue weighted by atomic mass is 10.1. The minimum Gasteiger partial charge on any atom is -0.337 e. The summed E-state index contributed by atoms with van der Waals surface area (Å²) in [7, 11) is 4.14. The van der Waals surface area contributed by atoms with Crippen molar-refractivity contribution in [3.05, 3.63) is 102 Å². The first-order chi connectivity index (χ1) is 16.0. The van der Waals surface area contributed by atoms with Crippen LogP contribution in [0.1, 0.15) is 16.7 Å². The molecule has 0 saturated heterocycles. The molecule has 0 spiro atoms. The van der Waals surface area contributed by atoms with E-state index in [1.807, 2.05) is 41.3 Å². The average Bonchev–Trinajstić information content (AvgIpc) is 3.13. The molecular formula is C28H32N4O. The van der Waals surface area contributed by atoms with Crippen molar-refractivity contribution in [2.24, 2.45) is 4.99 Å². The molecule has 0 N–H and O–H groups in total. The molecule has 0 fully saturated rings. The number of anilines is 1. The number of guanidine groups is 1. The molecule has 0 radical (unpaired) electrons. The maximum Gasteiger partial charge on any atom is 0.259 e. The third-order valence-corrected chi connectivity index (χ3v) is 5.82. The first-order valence-corrected chi connectivity index (χ1v) is 11.5. The number of rotatable bonds is 8. The Morgan fingerprint density at radius 1 is 0.848 bits per heavy atom. The van der Waals surface area contributed by atoms with Gasteiger partial charge in [-0.05, 0) is 49.8 Å². The van der Waals surface area contributed by atoms with E-state index < -0.39 is 6.04 Å². The van der Waals surface area contributed by atoms with Gasteiger partial charge in [-0.25, -0.2) is 9.89 Å². The maximum atomic E-state index is 13.7. The number of likely N-dealkylation sites (N-methyl/N-ethyl adjacent to an activating group) is 1. The fourth-order valence-corrected chi connectivity index (χ4v) is 4.08. The van der Waals surface area contributed by atoms with Gasteiger partial charge in [-0.1, -0.05) is 72.8 Å². The van der Waals surface area contributed by atoms with Gasteiger partial charge in [0.25, 0.3) is 5.91 Å². The molecule has 1 unspecified atom stereocenters. The first-order valence-electron chi connectivity index (χ1n) is 11.5. The third kappa shape index (κ3) is 5.68. The number of nitrogens with zero attached hydrogens (tertiary/aromatic N) is 4. The van der Waals surface area contributed by atoms with Crippen LogP contribution in [0.3, 0.4) is 0 Å². The van der Waals surface area contributed by atoms with Gasteiger partial charge in [-0.3, -0.25) is 4.79 Å². The van der Waals surface area contributed by atoms with Crippen molar-refractivity contribution >= 4 is 17.6 Å². The second-order valence-electron chi connectivity index (χ2n) is 8.86. The highest BCUT2D eigenvalue weighted by Crippen LogP contribution is 2.26. The van der Waals surface area contributed by atoms with Gasteiger partial charge in [0.05, 0.1) is 5.69 Å². The minimum atomic E-state index is -0.430. The summed E-state index contributed by atoms with van der Waals surface area (Å²) < 4.78 is 0. The predicted octanol–water partition coefficient (Wildman–Crippen LogP) is 4.37. The number of carbonyl (C=O) groups excluding carboxylic acids is 1. The van der Waals surface area contributed by atoms with Gasteiger partial charge in [0.1, 0.15) is 6.04 Å². The quantitative estimate of drug-likeness (QED) is 0.522. The topological polar surface area (TPSA) is 39.2 Å². The molecule has 5 nitrogen and oxygen atoms in total. The number of hydrogen-bond acceptors (Lipinski definition) is 4. The highest BCUT2D eigenvalue weighted by atomic mass is 16.2. The summed E-state index contributed by atoms with van der Waals surface area (Å²) >= 11 is 0. The normalized spacial score (nSPS) is 15.8. The summed E-state index contributed by atoms with van der Waals surface area (Å²) in [5.74, 6) is 0.764. The summed E-state index contributed by atoms with van der Waals surface area (Å²) in [6.07, 6.45) is 0.596. The number of hydrogen-bond donors (Lipinski definition) is 0. The first kappa shape index (κ1) is 22.7. The second-order valence-corrected chi connectivity index (χ2v) is 8.86. The van der Waals surface area contributed by atoms with Gasteiger partial charge in [0.2, 0.25) is 5.96 Å². The number of benzene rings is 3. The van der Waals surface area contributed by atoms with E-state index in [-0.39, 0.29) is 5.91 Å². The van der Waals surface area contributed by atoms with E-state index in [9.17, 15) is 4.79 Å². The fraction of sp³-hybridized carbons (Fsp3) is 0.286. The molecule has 33 heavy (non-hydrogen) atoms. The van der Waals surface area contributed by atoms with Crippen LogP contribution in [0.2, 0.25) is 0 Å². The van der Waals surface area contributed by atoms with Crippen molar-refractivity contribution < 1.29 is 4.79 Å². The maximum absolute atomic E-state index is 13.7. The van der Waals surface area contributed by atoms with E-state index in [4.69, 9.17) is 4.99 Å². The highest BCUT2D eigenvalue weighted by Gasteiger charge is 2.38. The molecule has 1 aliphatic heterocycles. The Morgan fingerprint density at radius 3 is 2.15 bits per heavy atom. The zero-order valence-corrected chi connectivity index (χ0v) is 19.7. The molecule has 4 rings (SSSR count). The van der Waals surface area contributed by atoms with Crippen molar-refractivity contribution in [3.8, 4) is 0 Å². The molecular weight excluding hydrogens is 408 g/mol. The van der Waals surface area contributed by atoms with E-state index >= 15 is 0 Å². The molecule has 1 atom stereocenters. The summed E-state index contributed by atoms with van der Waals surface area (Å²) in [5, 5.41) is 0. The van der Waals surface area contributed by atoms with Crippen LogP contribution in [-0.4, -0.2) is 54.9 Å². The average molecular weight is 441 g/mol. The largest absolute Gasteiger partial charge is 0.337 e. The van der Waals surface area contributed by atoms with Gasteiger partial charge in [-0.15, -0.1) is 0 Å². The van der Waals surface area contributed by atoms with E-state index in [1.165, 1.54) is 5.56 Å². The summed E-state index contributed by atoms with van der Waals surface area (Å²) in [5.41, 5.74) is 4.31. The van der Waals surface area contributed by atoms with Gasteiger partial charge in [0, 0.05) is 26.1 Å². The smallest absolute Gasteiger partial charge is 0.259 e. The van der Waals surface area contributed by atoms with E-state index in [0.29, 0.717) is 13.0 Å². The third-order valence-electron chi connectivity index (χ3n) is 5.82. The zero-order chi connectivity index (χ0) is 23.2. The van der Waals surface area contributed by atoms with E-state index in [2.05, 4.69) is 79.3 Å². The lowest BCUT2D eigenvalue weighted by molar-refractivity contribution is -0.118. The van der Waals surface area contributed by atoms with Crippen LogP contribution in [0.15, 0.2) is 89.9 Å². The second kappa shape index (κ2) is 10.5. The summed E-state index contributed by atoms with van der Waals surface area (Å²) in [4.78, 5) is 24.9. The molecule has 0 saturated carbocycles. The summed E-state index contributed by atoms with van der Waals surface area (Å²) in [6.45, 7) is 4.39. The van der Waals surface area contributed by atoms with E-state index in [0.717, 1.165) is 35.9 Å². The Labute approximate surface area is 197 Å². The molecule has 3 aromatic rings. The van der Waals surface area contributed by atoms with Crippen LogP contribution in [0, 0.1) is 6.92 Å². The molecule has 1 aliphatic rings. The van der Waals surface area contributed by atoms with Gasteiger partial charge < -0.3 is 9.80 Å². The zero-order valence-electron chi connectivity index (χ0n) is 19.7. The van der Waals surface area contributed by atoms with Crippen LogP contribution in [0.25, 0.3) is 0 Å². The summed E-state index contributed by atoms with van der Waals surface area (Å²) in [6, 6.07) is 28.2. The monoisotopic (exact) mass is 440 g/mol. The predicted molar refractivity (Wildman–Crippen MR) is 135 cm³/mol. The Balaban J connectivity index is 1.71. The van der Waals surface area contributed by atoms with Gasteiger partial charge >= 0.3 is 0 Å². The molecule has 3 aromatic carbocycles. The van der Waals surface area contributed by atoms with Gasteiger partial charge in [0.15, 0.2) is 0 Å². The number of aryl methyl sites for hydroxylation is 1. The molecule has 170 valence electrons. The lowest BCUT2D eigenvalue weighted by Crippen LogP contribution is -2.46. The molecule has 0 aliphatic carbocycles. The van der Waals surface area contributed by atoms with Crippen molar-refractivity contribution in [1.29, 1.82) is 0 Å². The van der Waals surface area contributed by atoms with Crippen molar-refractivity contribution in [3.63, 3.8) is 0 Å². The number of carbonyl (C=O) groups is 1. The molecule has 1 amide bonds. The molecule has 0 aromatic heterocycles. The van der Waals surface area contributed by atoms with Crippen molar-refractivity contribution in [1.82, 2.24) is 9.80 Å². The Kier molecular flexibility index (Phi) is 7.20. The van der Waals surface area contributed by atoms with E-state index in [1.54, 1.807) is 0 Å². The molecule has 1 heterocycles. The Morgan fingerprint density at radius 2 is 1.52 bits per heavy atom. The van der Waals surface area contributed by atoms with Crippen LogP contribution in [0.5, 0.6) is 0 Å².